The molecule has 2 aliphatic rings. The largest absolute Gasteiger partial charge is 0.438 e. The third kappa shape index (κ3) is 3.28. The Morgan fingerprint density at radius 1 is 1.36 bits per heavy atom. The van der Waals surface area contributed by atoms with Crippen molar-refractivity contribution < 1.29 is 13.9 Å². The number of fused-ring (bicyclic) bond motifs is 3. The van der Waals surface area contributed by atoms with Gasteiger partial charge in [-0.05, 0) is 55.7 Å². The zero-order chi connectivity index (χ0) is 17.4. The molecule has 2 saturated carbocycles. The molecule has 0 aliphatic heterocycles. The number of nitrogens with one attached hydrogen (secondary N) is 1. The number of carbonyl (C=O) groups excluding carboxylic acids is 1. The third-order valence-electron chi connectivity index (χ3n) is 5.75. The highest BCUT2D eigenvalue weighted by atomic mass is 16.5. The molecule has 2 bridgehead atoms. The summed E-state index contributed by atoms with van der Waals surface area (Å²) in [4.78, 5) is 17.1. The van der Waals surface area contributed by atoms with Gasteiger partial charge in [-0.3, -0.25) is 4.79 Å². The summed E-state index contributed by atoms with van der Waals surface area (Å²) in [6.45, 7) is 0.335. The van der Waals surface area contributed by atoms with E-state index in [-0.39, 0.29) is 17.9 Å². The first-order valence-corrected chi connectivity index (χ1v) is 9.09. The van der Waals surface area contributed by atoms with Crippen molar-refractivity contribution in [3.63, 3.8) is 0 Å². The van der Waals surface area contributed by atoms with E-state index >= 15 is 0 Å². The maximum Gasteiger partial charge on any atom is 0.227 e. The van der Waals surface area contributed by atoms with Gasteiger partial charge in [-0.1, -0.05) is 6.42 Å². The number of hydrogen-bond acceptors (Lipinski definition) is 5. The molecule has 2 fully saturated rings. The SMILES string of the molecule is COCc1nc2cc(NC(=O)C3CC4CCCC(C3)C4N)ccc2o1. The Balaban J connectivity index is 1.46. The number of nitrogens with two attached hydrogens (primary N) is 1. The van der Waals surface area contributed by atoms with E-state index in [9.17, 15) is 4.79 Å². The highest BCUT2D eigenvalue weighted by Gasteiger charge is 2.40. The number of carbonyl (C=O) groups is 1. The summed E-state index contributed by atoms with van der Waals surface area (Å²) >= 11 is 0. The van der Waals surface area contributed by atoms with Crippen molar-refractivity contribution >= 4 is 22.7 Å². The van der Waals surface area contributed by atoms with Gasteiger partial charge < -0.3 is 20.2 Å². The Labute approximate surface area is 147 Å². The molecule has 2 atom stereocenters. The van der Waals surface area contributed by atoms with E-state index in [0.717, 1.165) is 36.9 Å². The van der Waals surface area contributed by atoms with Crippen LogP contribution in [0, 0.1) is 17.8 Å². The van der Waals surface area contributed by atoms with Crippen molar-refractivity contribution in [2.24, 2.45) is 23.5 Å². The van der Waals surface area contributed by atoms with Crippen molar-refractivity contribution in [2.75, 3.05) is 12.4 Å². The molecule has 1 aromatic heterocycles. The summed E-state index contributed by atoms with van der Waals surface area (Å²) in [6.07, 6.45) is 5.40. The number of methoxy groups -OCH3 is 1. The Bertz CT molecular complexity index is 758. The van der Waals surface area contributed by atoms with Gasteiger partial charge in [-0.2, -0.15) is 0 Å². The van der Waals surface area contributed by atoms with E-state index in [1.807, 2.05) is 18.2 Å². The van der Waals surface area contributed by atoms with Crippen LogP contribution in [-0.4, -0.2) is 24.0 Å². The van der Waals surface area contributed by atoms with E-state index in [4.69, 9.17) is 14.9 Å². The zero-order valence-corrected chi connectivity index (χ0v) is 14.5. The predicted octanol–water partition coefficient (Wildman–Crippen LogP) is 3.07. The molecule has 0 spiro atoms. The van der Waals surface area contributed by atoms with Gasteiger partial charge in [0.1, 0.15) is 12.1 Å². The molecule has 1 aromatic carbocycles. The van der Waals surface area contributed by atoms with E-state index in [2.05, 4.69) is 10.3 Å². The van der Waals surface area contributed by atoms with Gasteiger partial charge in [0.15, 0.2) is 5.58 Å². The minimum Gasteiger partial charge on any atom is -0.438 e. The fourth-order valence-electron chi connectivity index (χ4n) is 4.49. The first-order chi connectivity index (χ1) is 12.1. The number of rotatable bonds is 4. The van der Waals surface area contributed by atoms with Crippen molar-refractivity contribution in [3.05, 3.63) is 24.1 Å². The van der Waals surface area contributed by atoms with Crippen molar-refractivity contribution in [2.45, 2.75) is 44.8 Å². The number of anilines is 1. The smallest absolute Gasteiger partial charge is 0.227 e. The van der Waals surface area contributed by atoms with Gasteiger partial charge in [0.05, 0.1) is 0 Å². The quantitative estimate of drug-likeness (QED) is 0.890. The number of hydrogen-bond donors (Lipinski definition) is 2. The summed E-state index contributed by atoms with van der Waals surface area (Å²) in [5.41, 5.74) is 8.51. The molecule has 3 N–H and O–H groups in total. The van der Waals surface area contributed by atoms with Crippen LogP contribution in [0.25, 0.3) is 11.1 Å². The van der Waals surface area contributed by atoms with Gasteiger partial charge in [0.25, 0.3) is 0 Å². The first-order valence-electron chi connectivity index (χ1n) is 9.09. The van der Waals surface area contributed by atoms with Crippen LogP contribution in [0.2, 0.25) is 0 Å². The topological polar surface area (TPSA) is 90.4 Å². The average Bonchev–Trinajstić information content (AvgIpc) is 2.96. The molecular formula is C19H25N3O3. The van der Waals surface area contributed by atoms with Crippen LogP contribution in [0.5, 0.6) is 0 Å². The maximum atomic E-state index is 12.7. The van der Waals surface area contributed by atoms with Crippen LogP contribution in [0.15, 0.2) is 22.6 Å². The minimum atomic E-state index is 0.0622. The van der Waals surface area contributed by atoms with Crippen LogP contribution in [0.1, 0.15) is 38.0 Å². The second-order valence-corrected chi connectivity index (χ2v) is 7.41. The molecule has 4 rings (SSSR count). The number of amides is 1. The fraction of sp³-hybridized carbons (Fsp3) is 0.579. The maximum absolute atomic E-state index is 12.7. The molecule has 2 aliphatic carbocycles. The summed E-state index contributed by atoms with van der Waals surface area (Å²) < 4.78 is 10.6. The summed E-state index contributed by atoms with van der Waals surface area (Å²) in [7, 11) is 1.60. The number of oxazole rings is 1. The van der Waals surface area contributed by atoms with Gasteiger partial charge in [-0.15, -0.1) is 0 Å². The third-order valence-corrected chi connectivity index (χ3v) is 5.75. The number of benzene rings is 1. The molecule has 1 heterocycles. The molecule has 0 saturated heterocycles. The number of aromatic nitrogens is 1. The fourth-order valence-corrected chi connectivity index (χ4v) is 4.49. The molecule has 134 valence electrons. The summed E-state index contributed by atoms with van der Waals surface area (Å²) in [6, 6.07) is 5.83. The predicted molar refractivity (Wildman–Crippen MR) is 94.9 cm³/mol. The van der Waals surface area contributed by atoms with Gasteiger partial charge in [0, 0.05) is 24.8 Å². The van der Waals surface area contributed by atoms with E-state index in [1.165, 1.54) is 6.42 Å². The Morgan fingerprint density at radius 2 is 2.12 bits per heavy atom. The monoisotopic (exact) mass is 343 g/mol. The summed E-state index contributed by atoms with van der Waals surface area (Å²) in [5, 5.41) is 3.06. The zero-order valence-electron chi connectivity index (χ0n) is 14.5. The molecule has 25 heavy (non-hydrogen) atoms. The lowest BCUT2D eigenvalue weighted by Gasteiger charge is -2.43. The normalized spacial score (nSPS) is 28.9. The molecule has 2 unspecified atom stereocenters. The lowest BCUT2D eigenvalue weighted by molar-refractivity contribution is -0.122. The Kier molecular flexibility index (Phi) is 4.48. The first kappa shape index (κ1) is 16.5. The lowest BCUT2D eigenvalue weighted by atomic mass is 9.65. The molecule has 1 amide bonds. The lowest BCUT2D eigenvalue weighted by Crippen LogP contribution is -2.48. The molecular weight excluding hydrogens is 318 g/mol. The van der Waals surface area contributed by atoms with E-state index in [1.54, 1.807) is 7.11 Å². The van der Waals surface area contributed by atoms with Crippen LogP contribution in [0.3, 0.4) is 0 Å². The van der Waals surface area contributed by atoms with Crippen LogP contribution < -0.4 is 11.1 Å². The molecule has 0 radical (unpaired) electrons. The van der Waals surface area contributed by atoms with E-state index < -0.39 is 0 Å². The van der Waals surface area contributed by atoms with Crippen LogP contribution in [-0.2, 0) is 16.1 Å². The average molecular weight is 343 g/mol. The summed E-state index contributed by atoms with van der Waals surface area (Å²) in [5.74, 6) is 1.70. The number of nitrogens with zero attached hydrogens (tertiary/aromatic N) is 1. The second kappa shape index (κ2) is 6.77. The molecule has 2 aromatic rings. The van der Waals surface area contributed by atoms with Crippen LogP contribution in [0.4, 0.5) is 5.69 Å². The van der Waals surface area contributed by atoms with E-state index in [0.29, 0.717) is 29.9 Å². The minimum absolute atomic E-state index is 0.0622. The van der Waals surface area contributed by atoms with Crippen molar-refractivity contribution in [1.82, 2.24) is 4.98 Å². The molecule has 6 nitrogen and oxygen atoms in total. The van der Waals surface area contributed by atoms with Crippen molar-refractivity contribution in [3.8, 4) is 0 Å². The molecule has 6 heteroatoms. The standard InChI is InChI=1S/C19H25N3O3/c1-24-10-17-22-15-9-14(5-6-16(15)25-17)21-19(23)13-7-11-3-2-4-12(8-13)18(11)20/h5-6,9,11-13,18H,2-4,7-8,10,20H2,1H3,(H,21,23). The van der Waals surface area contributed by atoms with Gasteiger partial charge >= 0.3 is 0 Å². The van der Waals surface area contributed by atoms with Crippen molar-refractivity contribution in [1.29, 1.82) is 0 Å². The Hall–Kier alpha value is -1.92. The van der Waals surface area contributed by atoms with Crippen LogP contribution >= 0.6 is 0 Å². The Morgan fingerprint density at radius 3 is 2.84 bits per heavy atom. The number of ether oxygens (including phenoxy) is 1. The second-order valence-electron chi connectivity index (χ2n) is 7.41. The van der Waals surface area contributed by atoms with Gasteiger partial charge in [-0.25, -0.2) is 4.98 Å². The van der Waals surface area contributed by atoms with Gasteiger partial charge in [0.2, 0.25) is 11.8 Å². The highest BCUT2D eigenvalue weighted by Crippen LogP contribution is 2.42. The highest BCUT2D eigenvalue weighted by molar-refractivity contribution is 5.94.